The van der Waals surface area contributed by atoms with E-state index in [1.54, 1.807) is 55.5 Å². The zero-order chi connectivity index (χ0) is 27.6. The summed E-state index contributed by atoms with van der Waals surface area (Å²) in [4.78, 5) is 30.1. The van der Waals surface area contributed by atoms with Crippen molar-refractivity contribution in [1.82, 2.24) is 0 Å². The molecule has 1 aromatic heterocycles. The number of nitrogens with zero attached hydrogens (tertiary/aromatic N) is 1. The molecule has 0 aliphatic carbocycles. The summed E-state index contributed by atoms with van der Waals surface area (Å²) >= 11 is 13.2. The molecule has 196 valence electrons. The van der Waals surface area contributed by atoms with E-state index in [1.807, 2.05) is 12.1 Å². The first-order valence-electron chi connectivity index (χ1n) is 11.8. The van der Waals surface area contributed by atoms with Crippen molar-refractivity contribution in [3.05, 3.63) is 97.8 Å². The van der Waals surface area contributed by atoms with Crippen LogP contribution in [-0.2, 0) is 14.9 Å². The maximum absolute atomic E-state index is 13.0. The third-order valence-electron chi connectivity index (χ3n) is 5.67. The number of benzene rings is 2. The van der Waals surface area contributed by atoms with Gasteiger partial charge in [-0.25, -0.2) is 9.79 Å². The number of hydrogen-bond acceptors (Lipinski definition) is 6. The maximum Gasteiger partial charge on any atom is 0.344 e. The molecule has 0 bridgehead atoms. The Morgan fingerprint density at radius 2 is 1.79 bits per heavy atom. The number of hydrogen-bond donors (Lipinski definition) is 1. The minimum Gasteiger partial charge on any atom is -0.506 e. The van der Waals surface area contributed by atoms with Gasteiger partial charge in [0.05, 0.1) is 16.5 Å². The number of aliphatic hydroxyl groups excluding tert-OH is 1. The van der Waals surface area contributed by atoms with Crippen molar-refractivity contribution < 1.29 is 23.8 Å². The fourth-order valence-electron chi connectivity index (χ4n) is 3.66. The van der Waals surface area contributed by atoms with Crippen LogP contribution in [0.2, 0.25) is 10.0 Å². The molecule has 1 aliphatic heterocycles. The lowest BCUT2D eigenvalue weighted by Crippen LogP contribution is -2.14. The summed E-state index contributed by atoms with van der Waals surface area (Å²) in [5.41, 5.74) is 1.85. The van der Waals surface area contributed by atoms with E-state index in [-0.39, 0.29) is 33.3 Å². The summed E-state index contributed by atoms with van der Waals surface area (Å²) in [7, 11) is 0. The van der Waals surface area contributed by atoms with Gasteiger partial charge in [-0.3, -0.25) is 4.79 Å². The van der Waals surface area contributed by atoms with Gasteiger partial charge >= 0.3 is 5.97 Å². The summed E-state index contributed by atoms with van der Waals surface area (Å²) in [6, 6.07) is 15.6. The van der Waals surface area contributed by atoms with Crippen molar-refractivity contribution >= 4 is 58.0 Å². The molecule has 2 aromatic carbocycles. The standard InChI is InChI=1S/C29H25Cl2NO5S/c1-5-36-28(35)24-25(33)23(15-19-11-13-22(37-19)20-12-10-18(30)14-21(20)31)38-27(24)32-26(34)16-6-8-17(9-7-16)29(2,3)4/h6-15,33H,5H2,1-4H3. The van der Waals surface area contributed by atoms with E-state index in [4.69, 9.17) is 32.4 Å². The summed E-state index contributed by atoms with van der Waals surface area (Å²) in [6.45, 7) is 7.99. The second kappa shape index (κ2) is 11.2. The van der Waals surface area contributed by atoms with Crippen LogP contribution < -0.4 is 0 Å². The SMILES string of the molecule is CCOC(=O)C1=C(O)C(=Cc2ccc(-c3ccc(Cl)cc3Cl)o2)SC1=NC(=O)c1ccc(C(C)(C)C)cc1. The van der Waals surface area contributed by atoms with Crippen molar-refractivity contribution in [2.75, 3.05) is 6.61 Å². The van der Waals surface area contributed by atoms with Crippen LogP contribution in [0.15, 0.2) is 80.2 Å². The zero-order valence-corrected chi connectivity index (χ0v) is 23.5. The zero-order valence-electron chi connectivity index (χ0n) is 21.2. The van der Waals surface area contributed by atoms with E-state index >= 15 is 0 Å². The van der Waals surface area contributed by atoms with Gasteiger partial charge in [0.2, 0.25) is 0 Å². The van der Waals surface area contributed by atoms with Gasteiger partial charge < -0.3 is 14.3 Å². The highest BCUT2D eigenvalue weighted by Crippen LogP contribution is 2.40. The molecule has 9 heteroatoms. The van der Waals surface area contributed by atoms with Crippen molar-refractivity contribution in [3.63, 3.8) is 0 Å². The van der Waals surface area contributed by atoms with Crippen molar-refractivity contribution in [3.8, 4) is 11.3 Å². The number of esters is 1. The smallest absolute Gasteiger partial charge is 0.344 e. The quantitative estimate of drug-likeness (QED) is 0.311. The van der Waals surface area contributed by atoms with Gasteiger partial charge in [0.15, 0.2) is 0 Å². The topological polar surface area (TPSA) is 89.1 Å². The van der Waals surface area contributed by atoms with Gasteiger partial charge in [0.1, 0.15) is 27.9 Å². The number of aliphatic imine (C=N–C) groups is 1. The normalized spacial score (nSPS) is 15.9. The molecule has 0 radical (unpaired) electrons. The molecular formula is C29H25Cl2NO5S. The average molecular weight is 570 g/mol. The number of ether oxygens (including phenoxy) is 1. The molecule has 0 saturated carbocycles. The predicted octanol–water partition coefficient (Wildman–Crippen LogP) is 8.25. The van der Waals surface area contributed by atoms with Crippen LogP contribution in [0.3, 0.4) is 0 Å². The van der Waals surface area contributed by atoms with Crippen LogP contribution in [0.25, 0.3) is 17.4 Å². The Balaban J connectivity index is 1.66. The minimum atomic E-state index is -0.774. The van der Waals surface area contributed by atoms with Gasteiger partial charge in [-0.15, -0.1) is 0 Å². The van der Waals surface area contributed by atoms with Crippen LogP contribution in [0.4, 0.5) is 0 Å². The molecule has 6 nitrogen and oxygen atoms in total. The third-order valence-corrected chi connectivity index (χ3v) is 7.24. The van der Waals surface area contributed by atoms with E-state index < -0.39 is 11.9 Å². The molecule has 0 fully saturated rings. The summed E-state index contributed by atoms with van der Waals surface area (Å²) in [5.74, 6) is -0.761. The molecule has 2 heterocycles. The van der Waals surface area contributed by atoms with Crippen molar-refractivity contribution in [2.24, 2.45) is 4.99 Å². The van der Waals surface area contributed by atoms with E-state index in [1.165, 1.54) is 0 Å². The van der Waals surface area contributed by atoms with E-state index in [9.17, 15) is 14.7 Å². The predicted molar refractivity (Wildman–Crippen MR) is 153 cm³/mol. The maximum atomic E-state index is 13.0. The third kappa shape index (κ3) is 6.07. The van der Waals surface area contributed by atoms with E-state index in [0.717, 1.165) is 17.3 Å². The van der Waals surface area contributed by atoms with Crippen LogP contribution in [0, 0.1) is 0 Å². The number of amides is 1. The fraction of sp³-hybridized carbons (Fsp3) is 0.207. The van der Waals surface area contributed by atoms with Crippen LogP contribution in [0.5, 0.6) is 0 Å². The van der Waals surface area contributed by atoms with Gasteiger partial charge in [-0.1, -0.05) is 67.9 Å². The Morgan fingerprint density at radius 3 is 2.42 bits per heavy atom. The number of thioether (sulfide) groups is 1. The van der Waals surface area contributed by atoms with Crippen molar-refractivity contribution in [1.29, 1.82) is 0 Å². The molecule has 0 atom stereocenters. The molecule has 1 aliphatic rings. The molecule has 0 spiro atoms. The Hall–Kier alpha value is -3.26. The average Bonchev–Trinajstić information content (AvgIpc) is 3.43. The summed E-state index contributed by atoms with van der Waals surface area (Å²) < 4.78 is 11.0. The first kappa shape index (κ1) is 27.8. The number of carbonyl (C=O) groups is 2. The second-order valence-corrected chi connectivity index (χ2v) is 11.3. The Kier molecular flexibility index (Phi) is 8.21. The molecule has 0 saturated heterocycles. The number of aliphatic hydroxyl groups is 1. The highest BCUT2D eigenvalue weighted by atomic mass is 35.5. The molecule has 1 N–H and O–H groups in total. The molecule has 38 heavy (non-hydrogen) atoms. The molecule has 3 aromatic rings. The van der Waals surface area contributed by atoms with Gasteiger partial charge in [-0.2, -0.15) is 0 Å². The Labute approximate surface area is 235 Å². The lowest BCUT2D eigenvalue weighted by atomic mass is 9.87. The molecular weight excluding hydrogens is 545 g/mol. The van der Waals surface area contributed by atoms with E-state index in [0.29, 0.717) is 32.7 Å². The number of furan rings is 1. The lowest BCUT2D eigenvalue weighted by molar-refractivity contribution is -0.138. The largest absolute Gasteiger partial charge is 0.506 e. The number of carbonyl (C=O) groups excluding carboxylic acids is 2. The molecule has 1 amide bonds. The van der Waals surface area contributed by atoms with Crippen molar-refractivity contribution in [2.45, 2.75) is 33.1 Å². The van der Waals surface area contributed by atoms with Gasteiger partial charge in [0.25, 0.3) is 5.91 Å². The highest BCUT2D eigenvalue weighted by Gasteiger charge is 2.34. The molecule has 0 unspecified atom stereocenters. The monoisotopic (exact) mass is 569 g/mol. The molecule has 4 rings (SSSR count). The number of rotatable bonds is 5. The van der Waals surface area contributed by atoms with Crippen LogP contribution in [0.1, 0.15) is 49.4 Å². The van der Waals surface area contributed by atoms with E-state index in [2.05, 4.69) is 25.8 Å². The first-order chi connectivity index (χ1) is 18.0. The summed E-state index contributed by atoms with van der Waals surface area (Å²) in [5, 5.41) is 11.9. The Morgan fingerprint density at radius 1 is 1.08 bits per heavy atom. The van der Waals surface area contributed by atoms with Gasteiger partial charge in [-0.05, 0) is 66.4 Å². The lowest BCUT2D eigenvalue weighted by Gasteiger charge is -2.18. The van der Waals surface area contributed by atoms with Crippen LogP contribution in [-0.4, -0.2) is 28.6 Å². The fourth-order valence-corrected chi connectivity index (χ4v) is 5.15. The summed E-state index contributed by atoms with van der Waals surface area (Å²) in [6.07, 6.45) is 1.55. The Bertz CT molecular complexity index is 1490. The first-order valence-corrected chi connectivity index (χ1v) is 13.3. The van der Waals surface area contributed by atoms with Crippen LogP contribution >= 0.6 is 35.0 Å². The number of halogens is 2. The highest BCUT2D eigenvalue weighted by molar-refractivity contribution is 8.18. The van der Waals surface area contributed by atoms with Gasteiger partial charge in [0, 0.05) is 16.1 Å². The minimum absolute atomic E-state index is 0.0459. The second-order valence-electron chi connectivity index (χ2n) is 9.43.